The Labute approximate surface area is 106 Å². The molecule has 1 unspecified atom stereocenters. The number of nitrogens with zero attached hydrogens (tertiary/aromatic N) is 1. The van der Waals surface area contributed by atoms with Crippen molar-refractivity contribution in [3.63, 3.8) is 0 Å². The Morgan fingerprint density at radius 3 is 3.06 bits per heavy atom. The predicted molar refractivity (Wildman–Crippen MR) is 69.8 cm³/mol. The van der Waals surface area contributed by atoms with Gasteiger partial charge in [0.05, 0.1) is 13.2 Å². The molecule has 0 spiro atoms. The van der Waals surface area contributed by atoms with E-state index in [1.807, 2.05) is 17.5 Å². The minimum Gasteiger partial charge on any atom is -0.383 e. The number of hydrogen-bond donors (Lipinski definition) is 1. The van der Waals surface area contributed by atoms with Crippen molar-refractivity contribution in [2.24, 2.45) is 5.73 Å². The first kappa shape index (κ1) is 13.9. The molecule has 0 aliphatic rings. The molecule has 0 saturated heterocycles. The van der Waals surface area contributed by atoms with Gasteiger partial charge in [0, 0.05) is 18.5 Å². The molecule has 0 aliphatic carbocycles. The molecule has 0 aliphatic heterocycles. The maximum atomic E-state index is 12.0. The van der Waals surface area contributed by atoms with Crippen LogP contribution in [0.2, 0.25) is 0 Å². The van der Waals surface area contributed by atoms with Crippen LogP contribution in [0, 0.1) is 0 Å². The SMILES string of the molecule is C=CCN(Cc1cccs1)C(=O)C(N)COC. The lowest BCUT2D eigenvalue weighted by Gasteiger charge is -2.23. The second-order valence-electron chi connectivity index (χ2n) is 3.65. The Morgan fingerprint density at radius 1 is 1.76 bits per heavy atom. The summed E-state index contributed by atoms with van der Waals surface area (Å²) < 4.78 is 4.89. The number of amides is 1. The highest BCUT2D eigenvalue weighted by atomic mass is 32.1. The van der Waals surface area contributed by atoms with Gasteiger partial charge in [-0.3, -0.25) is 4.79 Å². The van der Waals surface area contributed by atoms with Crippen molar-refractivity contribution in [1.29, 1.82) is 0 Å². The molecule has 0 aromatic carbocycles. The van der Waals surface area contributed by atoms with Gasteiger partial charge in [0.1, 0.15) is 6.04 Å². The molecular weight excluding hydrogens is 236 g/mol. The van der Waals surface area contributed by atoms with Crippen molar-refractivity contribution in [2.45, 2.75) is 12.6 Å². The summed E-state index contributed by atoms with van der Waals surface area (Å²) in [6, 6.07) is 3.35. The summed E-state index contributed by atoms with van der Waals surface area (Å²) in [6.45, 7) is 4.95. The highest BCUT2D eigenvalue weighted by Crippen LogP contribution is 2.12. The minimum atomic E-state index is -0.611. The van der Waals surface area contributed by atoms with Gasteiger partial charge in [-0.25, -0.2) is 0 Å². The molecule has 1 atom stereocenters. The van der Waals surface area contributed by atoms with Crippen molar-refractivity contribution in [2.75, 3.05) is 20.3 Å². The zero-order valence-electron chi connectivity index (χ0n) is 9.96. The van der Waals surface area contributed by atoms with E-state index < -0.39 is 6.04 Å². The van der Waals surface area contributed by atoms with Gasteiger partial charge >= 0.3 is 0 Å². The summed E-state index contributed by atoms with van der Waals surface area (Å²) in [5.74, 6) is -0.111. The first-order valence-electron chi connectivity index (χ1n) is 5.35. The average molecular weight is 254 g/mol. The van der Waals surface area contributed by atoms with E-state index in [2.05, 4.69) is 6.58 Å². The lowest BCUT2D eigenvalue weighted by Crippen LogP contribution is -2.45. The van der Waals surface area contributed by atoms with Crippen LogP contribution in [-0.2, 0) is 16.1 Å². The Bertz CT molecular complexity index is 351. The summed E-state index contributed by atoms with van der Waals surface area (Å²) >= 11 is 1.62. The summed E-state index contributed by atoms with van der Waals surface area (Å²) in [5.41, 5.74) is 5.74. The van der Waals surface area contributed by atoms with E-state index in [-0.39, 0.29) is 12.5 Å². The maximum Gasteiger partial charge on any atom is 0.242 e. The fraction of sp³-hybridized carbons (Fsp3) is 0.417. The monoisotopic (exact) mass is 254 g/mol. The third kappa shape index (κ3) is 4.30. The van der Waals surface area contributed by atoms with E-state index >= 15 is 0 Å². The summed E-state index contributed by atoms with van der Waals surface area (Å²) in [4.78, 5) is 14.8. The molecule has 5 heteroatoms. The van der Waals surface area contributed by atoms with Gasteiger partial charge in [-0.1, -0.05) is 12.1 Å². The topological polar surface area (TPSA) is 55.6 Å². The molecule has 0 bridgehead atoms. The van der Waals surface area contributed by atoms with Crippen LogP contribution < -0.4 is 5.73 Å². The summed E-state index contributed by atoms with van der Waals surface area (Å²) in [5, 5.41) is 1.99. The van der Waals surface area contributed by atoms with Crippen LogP contribution in [0.5, 0.6) is 0 Å². The Morgan fingerprint density at radius 2 is 2.53 bits per heavy atom. The van der Waals surface area contributed by atoms with Crippen LogP contribution in [0.25, 0.3) is 0 Å². The quantitative estimate of drug-likeness (QED) is 0.745. The lowest BCUT2D eigenvalue weighted by atomic mass is 10.2. The first-order chi connectivity index (χ1) is 8.19. The van der Waals surface area contributed by atoms with Crippen molar-refractivity contribution in [3.8, 4) is 0 Å². The normalized spacial score (nSPS) is 12.1. The standard InChI is InChI=1S/C12H18N2O2S/c1-3-6-14(8-10-5-4-7-17-10)12(15)11(13)9-16-2/h3-5,7,11H,1,6,8-9,13H2,2H3. The zero-order chi connectivity index (χ0) is 12.7. The van der Waals surface area contributed by atoms with Crippen LogP contribution in [-0.4, -0.2) is 37.1 Å². The molecule has 1 heterocycles. The molecule has 17 heavy (non-hydrogen) atoms. The molecular formula is C12H18N2O2S. The first-order valence-corrected chi connectivity index (χ1v) is 6.23. The number of carbonyl (C=O) groups is 1. The smallest absolute Gasteiger partial charge is 0.242 e. The number of thiophene rings is 1. The molecule has 1 amide bonds. The molecule has 0 fully saturated rings. The van der Waals surface area contributed by atoms with Crippen LogP contribution in [0.4, 0.5) is 0 Å². The minimum absolute atomic E-state index is 0.111. The van der Waals surface area contributed by atoms with Gasteiger partial charge in [0.15, 0.2) is 0 Å². The van der Waals surface area contributed by atoms with Crippen LogP contribution >= 0.6 is 11.3 Å². The molecule has 4 nitrogen and oxygen atoms in total. The number of methoxy groups -OCH3 is 1. The van der Waals surface area contributed by atoms with Crippen LogP contribution in [0.15, 0.2) is 30.2 Å². The molecule has 94 valence electrons. The van der Waals surface area contributed by atoms with Crippen LogP contribution in [0.3, 0.4) is 0 Å². The predicted octanol–water partition coefficient (Wildman–Crippen LogP) is 1.24. The molecule has 0 radical (unpaired) electrons. The van der Waals surface area contributed by atoms with Crippen molar-refractivity contribution in [1.82, 2.24) is 4.90 Å². The van der Waals surface area contributed by atoms with Gasteiger partial charge in [0.2, 0.25) is 5.91 Å². The van der Waals surface area contributed by atoms with Gasteiger partial charge in [0.25, 0.3) is 0 Å². The highest BCUT2D eigenvalue weighted by Gasteiger charge is 2.20. The Balaban J connectivity index is 2.64. The van der Waals surface area contributed by atoms with E-state index in [4.69, 9.17) is 10.5 Å². The lowest BCUT2D eigenvalue weighted by molar-refractivity contribution is -0.133. The number of hydrogen-bond acceptors (Lipinski definition) is 4. The Kier molecular flexibility index (Phi) is 5.90. The third-order valence-corrected chi connectivity index (χ3v) is 3.11. The molecule has 1 aromatic heterocycles. The number of ether oxygens (including phenoxy) is 1. The van der Waals surface area contributed by atoms with E-state index in [0.717, 1.165) is 4.88 Å². The summed E-state index contributed by atoms with van der Waals surface area (Å²) in [6.07, 6.45) is 1.70. The second-order valence-corrected chi connectivity index (χ2v) is 4.68. The van der Waals surface area contributed by atoms with Gasteiger partial charge in [-0.05, 0) is 11.4 Å². The van der Waals surface area contributed by atoms with Crippen molar-refractivity contribution in [3.05, 3.63) is 35.0 Å². The Hall–Kier alpha value is -1.17. The fourth-order valence-electron chi connectivity index (χ4n) is 1.46. The van der Waals surface area contributed by atoms with Gasteiger partial charge < -0.3 is 15.4 Å². The molecule has 2 N–H and O–H groups in total. The molecule has 0 saturated carbocycles. The van der Waals surface area contributed by atoms with E-state index in [9.17, 15) is 4.79 Å². The second kappa shape index (κ2) is 7.21. The maximum absolute atomic E-state index is 12.0. The van der Waals surface area contributed by atoms with E-state index in [1.165, 1.54) is 7.11 Å². The summed E-state index contributed by atoms with van der Waals surface area (Å²) in [7, 11) is 1.53. The third-order valence-electron chi connectivity index (χ3n) is 2.25. The largest absolute Gasteiger partial charge is 0.383 e. The highest BCUT2D eigenvalue weighted by molar-refractivity contribution is 7.09. The molecule has 1 aromatic rings. The van der Waals surface area contributed by atoms with E-state index in [1.54, 1.807) is 22.3 Å². The number of carbonyl (C=O) groups excluding carboxylic acids is 1. The van der Waals surface area contributed by atoms with Gasteiger partial charge in [-0.2, -0.15) is 0 Å². The fourth-order valence-corrected chi connectivity index (χ4v) is 2.18. The van der Waals surface area contributed by atoms with Crippen molar-refractivity contribution >= 4 is 17.2 Å². The van der Waals surface area contributed by atoms with E-state index in [0.29, 0.717) is 13.1 Å². The van der Waals surface area contributed by atoms with Gasteiger partial charge in [-0.15, -0.1) is 17.9 Å². The number of rotatable bonds is 7. The number of nitrogens with two attached hydrogens (primary N) is 1. The van der Waals surface area contributed by atoms with Crippen molar-refractivity contribution < 1.29 is 9.53 Å². The average Bonchev–Trinajstić information content (AvgIpc) is 2.80. The molecule has 1 rings (SSSR count). The zero-order valence-corrected chi connectivity index (χ0v) is 10.8. The van der Waals surface area contributed by atoms with Crippen LogP contribution in [0.1, 0.15) is 4.88 Å².